The van der Waals surface area contributed by atoms with Gasteiger partial charge in [-0.15, -0.1) is 0 Å². The van der Waals surface area contributed by atoms with Crippen LogP contribution in [0.5, 0.6) is 0 Å². The van der Waals surface area contributed by atoms with Crippen molar-refractivity contribution in [3.8, 4) is 0 Å². The molecule has 1 saturated heterocycles. The van der Waals surface area contributed by atoms with Crippen molar-refractivity contribution in [3.05, 3.63) is 48.6 Å². The molecule has 0 saturated carbocycles. The van der Waals surface area contributed by atoms with Crippen molar-refractivity contribution >= 4 is 5.91 Å². The summed E-state index contributed by atoms with van der Waals surface area (Å²) in [5.41, 5.74) is 0. The molecule has 9 heteroatoms. The highest BCUT2D eigenvalue weighted by Crippen LogP contribution is 2.24. The average Bonchev–Trinajstić information content (AvgIpc) is 1.58. The van der Waals surface area contributed by atoms with Crippen molar-refractivity contribution in [1.82, 2.24) is 5.32 Å². The van der Waals surface area contributed by atoms with Crippen molar-refractivity contribution in [3.63, 3.8) is 0 Å². The van der Waals surface area contributed by atoms with Gasteiger partial charge in [0.15, 0.2) is 6.29 Å². The van der Waals surface area contributed by atoms with Gasteiger partial charge in [0.2, 0.25) is 5.91 Å². The van der Waals surface area contributed by atoms with E-state index in [1.807, 2.05) is 0 Å². The molecule has 0 aromatic heterocycles. The zero-order valence-electron chi connectivity index (χ0n) is 60.4. The van der Waals surface area contributed by atoms with Crippen LogP contribution in [0, 0.1) is 0 Å². The maximum Gasteiger partial charge on any atom is 0.220 e. The van der Waals surface area contributed by atoms with Crippen LogP contribution in [0.3, 0.4) is 0 Å². The van der Waals surface area contributed by atoms with Gasteiger partial charge in [0.25, 0.3) is 0 Å². The largest absolute Gasteiger partial charge is 0.394 e. The summed E-state index contributed by atoms with van der Waals surface area (Å²) in [6.07, 6.45) is 90.9. The lowest BCUT2D eigenvalue weighted by molar-refractivity contribution is -0.302. The molecule has 0 aromatic rings. The molecule has 1 fully saturated rings. The van der Waals surface area contributed by atoms with Gasteiger partial charge in [0.05, 0.1) is 25.4 Å². The fourth-order valence-corrected chi connectivity index (χ4v) is 13.2. The molecule has 0 bridgehead atoms. The molecule has 9 nitrogen and oxygen atoms in total. The van der Waals surface area contributed by atoms with Crippen LogP contribution >= 0.6 is 0 Å². The topological polar surface area (TPSA) is 149 Å². The lowest BCUT2D eigenvalue weighted by Crippen LogP contribution is -2.60. The molecule has 0 spiro atoms. The maximum atomic E-state index is 13.2. The van der Waals surface area contributed by atoms with E-state index in [1.165, 1.54) is 321 Å². The highest BCUT2D eigenvalue weighted by molar-refractivity contribution is 5.76. The minimum absolute atomic E-state index is 0.133. The Kier molecular flexibility index (Phi) is 67.9. The Morgan fingerprint density at radius 2 is 0.681 bits per heavy atom. The quantitative estimate of drug-likeness (QED) is 0.0261. The number of aliphatic hydroxyl groups excluding tert-OH is 5. The number of unbranched alkanes of at least 4 members (excludes halogenated alkanes) is 54. The van der Waals surface area contributed by atoms with Crippen LogP contribution in [0.2, 0.25) is 0 Å². The number of aliphatic hydroxyl groups is 5. The number of rotatable bonds is 72. The number of ether oxygens (including phenoxy) is 2. The van der Waals surface area contributed by atoms with E-state index < -0.39 is 49.5 Å². The highest BCUT2D eigenvalue weighted by atomic mass is 16.7. The summed E-state index contributed by atoms with van der Waals surface area (Å²) >= 11 is 0. The molecule has 1 heterocycles. The van der Waals surface area contributed by atoms with Crippen LogP contribution in [0.15, 0.2) is 48.6 Å². The number of amides is 1. The summed E-state index contributed by atoms with van der Waals surface area (Å²) in [4.78, 5) is 13.2. The average molecular weight is 1280 g/mol. The third-order valence-electron chi connectivity index (χ3n) is 19.4. The Morgan fingerprint density at radius 1 is 0.385 bits per heavy atom. The Balaban J connectivity index is 2.02. The fourth-order valence-electron chi connectivity index (χ4n) is 13.2. The number of carbonyl (C=O) groups excluding carboxylic acids is 1. The van der Waals surface area contributed by atoms with Crippen LogP contribution in [-0.2, 0) is 14.3 Å². The van der Waals surface area contributed by atoms with E-state index in [0.717, 1.165) is 64.2 Å². The third kappa shape index (κ3) is 59.2. The molecule has 0 aliphatic carbocycles. The minimum Gasteiger partial charge on any atom is -0.394 e. The Bertz CT molecular complexity index is 1580. The number of carbonyl (C=O) groups is 1. The van der Waals surface area contributed by atoms with Gasteiger partial charge in [-0.1, -0.05) is 403 Å². The molecule has 1 amide bonds. The second-order valence-corrected chi connectivity index (χ2v) is 28.2. The van der Waals surface area contributed by atoms with Gasteiger partial charge in [0.1, 0.15) is 24.4 Å². The SMILES string of the molecule is CC/C=C\C/C=C\C/C=C\C/C=C\CCCCCCCCCCCCCCCCCCCCCCCCCCCCCCC(=O)NC(COC1OC(CO)C(O)C(O)C1O)C(O)CCCCCCCCCCCCCCCCCCCCCCCCCCCCC. The van der Waals surface area contributed by atoms with E-state index >= 15 is 0 Å². The molecule has 7 unspecified atom stereocenters. The number of nitrogens with one attached hydrogen (secondary N) is 1. The molecule has 6 N–H and O–H groups in total. The third-order valence-corrected chi connectivity index (χ3v) is 19.4. The smallest absolute Gasteiger partial charge is 0.220 e. The summed E-state index contributed by atoms with van der Waals surface area (Å²) in [6.45, 7) is 3.79. The molecule has 0 radical (unpaired) electrons. The first-order valence-corrected chi connectivity index (χ1v) is 40.3. The lowest BCUT2D eigenvalue weighted by Gasteiger charge is -2.40. The minimum atomic E-state index is -1.55. The second kappa shape index (κ2) is 70.9. The zero-order valence-corrected chi connectivity index (χ0v) is 60.4. The molecule has 1 rings (SSSR count). The van der Waals surface area contributed by atoms with Gasteiger partial charge in [-0.2, -0.15) is 0 Å². The predicted octanol–water partition coefficient (Wildman–Crippen LogP) is 23.1. The summed E-state index contributed by atoms with van der Waals surface area (Å²) in [5.74, 6) is -0.134. The van der Waals surface area contributed by atoms with E-state index in [4.69, 9.17) is 9.47 Å². The van der Waals surface area contributed by atoms with E-state index in [9.17, 15) is 30.3 Å². The first kappa shape index (κ1) is 87.2. The normalized spacial score (nSPS) is 17.9. The summed E-state index contributed by atoms with van der Waals surface area (Å²) in [7, 11) is 0. The van der Waals surface area contributed by atoms with Gasteiger partial charge < -0.3 is 40.3 Å². The molecule has 1 aliphatic heterocycles. The predicted molar refractivity (Wildman–Crippen MR) is 392 cm³/mol. The van der Waals surface area contributed by atoms with E-state index in [1.54, 1.807) is 0 Å². The maximum absolute atomic E-state index is 13.2. The van der Waals surface area contributed by atoms with Gasteiger partial charge in [-0.3, -0.25) is 4.79 Å². The molecule has 0 aromatic carbocycles. The highest BCUT2D eigenvalue weighted by Gasteiger charge is 2.44. The molecule has 1 aliphatic rings. The lowest BCUT2D eigenvalue weighted by atomic mass is 9.99. The van der Waals surface area contributed by atoms with Crippen molar-refractivity contribution in [1.29, 1.82) is 0 Å². The van der Waals surface area contributed by atoms with Crippen molar-refractivity contribution in [2.75, 3.05) is 13.2 Å². The summed E-state index contributed by atoms with van der Waals surface area (Å²) in [6, 6.07) is -0.719. The monoisotopic (exact) mass is 1280 g/mol. The van der Waals surface area contributed by atoms with Gasteiger partial charge >= 0.3 is 0 Å². The zero-order chi connectivity index (χ0) is 65.7. The van der Waals surface area contributed by atoms with Gasteiger partial charge in [-0.05, 0) is 51.4 Å². The molecule has 536 valence electrons. The van der Waals surface area contributed by atoms with E-state index in [2.05, 4.69) is 67.8 Å². The van der Waals surface area contributed by atoms with Gasteiger partial charge in [0, 0.05) is 6.42 Å². The number of allylic oxidation sites excluding steroid dienone is 8. The second-order valence-electron chi connectivity index (χ2n) is 28.2. The Hall–Kier alpha value is -1.85. The molecular weight excluding hydrogens is 1130 g/mol. The number of hydrogen-bond donors (Lipinski definition) is 6. The van der Waals surface area contributed by atoms with E-state index in [0.29, 0.717) is 12.8 Å². The summed E-state index contributed by atoms with van der Waals surface area (Å²) < 4.78 is 11.4. The fraction of sp³-hybridized carbons (Fsp3) is 0.890. The van der Waals surface area contributed by atoms with Crippen molar-refractivity contribution in [2.45, 2.75) is 455 Å². The molecule has 91 heavy (non-hydrogen) atoms. The molecule has 7 atom stereocenters. The Labute approximate surface area is 564 Å². The van der Waals surface area contributed by atoms with Crippen LogP contribution in [0.1, 0.15) is 412 Å². The standard InChI is InChI=1S/C82H155NO8/c1-3-5-7-9-11-13-15-17-19-21-23-25-27-29-31-32-33-34-35-36-37-38-39-40-41-42-43-44-46-48-50-52-54-56-58-60-62-64-66-68-70-72-78(86)83-75(74-90-82-81(89)80(88)79(87)77(73-84)91-82)76(85)71-69-67-65-63-61-59-57-55-53-51-49-47-45-30-28-26-24-22-20-18-16-14-12-10-8-6-4-2/h5,7,11,13,17,19,23,25,75-77,79-82,84-85,87-89H,3-4,6,8-10,12,14-16,18,20-22,24,26-74H2,1-2H3,(H,83,86)/b7-5-,13-11-,19-17-,25-23-. The molecular formula is C82H155NO8. The van der Waals surface area contributed by atoms with Crippen molar-refractivity contribution in [2.24, 2.45) is 0 Å². The number of hydrogen-bond acceptors (Lipinski definition) is 8. The van der Waals surface area contributed by atoms with Crippen LogP contribution in [0.25, 0.3) is 0 Å². The summed E-state index contributed by atoms with van der Waals surface area (Å²) in [5, 5.41) is 55.1. The van der Waals surface area contributed by atoms with Crippen molar-refractivity contribution < 1.29 is 39.8 Å². The van der Waals surface area contributed by atoms with Crippen LogP contribution in [-0.4, -0.2) is 87.5 Å². The first-order valence-electron chi connectivity index (χ1n) is 40.3. The Morgan fingerprint density at radius 3 is 1.01 bits per heavy atom. The van der Waals surface area contributed by atoms with E-state index in [-0.39, 0.29) is 12.5 Å². The van der Waals surface area contributed by atoms with Crippen LogP contribution < -0.4 is 5.32 Å². The van der Waals surface area contributed by atoms with Gasteiger partial charge in [-0.25, -0.2) is 0 Å². The van der Waals surface area contributed by atoms with Crippen LogP contribution in [0.4, 0.5) is 0 Å². The first-order chi connectivity index (χ1) is 44.8.